The molecule has 0 aromatic carbocycles. The van der Waals surface area contributed by atoms with Crippen molar-refractivity contribution >= 4 is 27.6 Å². The lowest BCUT2D eigenvalue weighted by Crippen LogP contribution is -2.31. The van der Waals surface area contributed by atoms with Crippen molar-refractivity contribution in [3.05, 3.63) is 59.0 Å². The zero-order valence-corrected chi connectivity index (χ0v) is 21.7. The van der Waals surface area contributed by atoms with Gasteiger partial charge in [0.05, 0.1) is 29.6 Å². The van der Waals surface area contributed by atoms with Crippen molar-refractivity contribution in [3.63, 3.8) is 0 Å². The fraction of sp³-hybridized carbons (Fsp3) is 0.364. The average molecular weight is 533 g/mol. The van der Waals surface area contributed by atoms with Gasteiger partial charge in [-0.1, -0.05) is 36.7 Å². The molecule has 4 heterocycles. The van der Waals surface area contributed by atoms with E-state index in [0.717, 1.165) is 5.69 Å². The lowest BCUT2D eigenvalue weighted by molar-refractivity contribution is 0.372. The molecule has 4 rings (SSSR count). The molecule has 0 aliphatic carbocycles. The second-order valence-electron chi connectivity index (χ2n) is 8.04. The van der Waals surface area contributed by atoms with Gasteiger partial charge in [-0.25, -0.2) is 23.4 Å². The monoisotopic (exact) mass is 532 g/mol. The molecule has 0 bridgehead atoms. The van der Waals surface area contributed by atoms with E-state index in [9.17, 15) is 8.42 Å². The van der Waals surface area contributed by atoms with Crippen LogP contribution in [0.3, 0.4) is 0 Å². The zero-order chi connectivity index (χ0) is 25.9. The summed E-state index contributed by atoms with van der Waals surface area (Å²) in [7, 11) is -2.44. The van der Waals surface area contributed by atoms with Crippen molar-refractivity contribution in [1.82, 2.24) is 34.9 Å². The summed E-state index contributed by atoms with van der Waals surface area (Å²) in [5, 5.41) is 11.8. The highest BCUT2D eigenvalue weighted by Crippen LogP contribution is 2.26. The maximum Gasteiger partial charge on any atom is 0.239 e. The number of aryl methyl sites for hydroxylation is 1. The molecule has 2 unspecified atom stereocenters. The number of hydrogen-bond acceptors (Lipinski definition) is 10. The summed E-state index contributed by atoms with van der Waals surface area (Å²) in [6, 6.07) is 6.97. The van der Waals surface area contributed by atoms with E-state index >= 15 is 0 Å². The fourth-order valence-electron chi connectivity index (χ4n) is 3.38. The van der Waals surface area contributed by atoms with E-state index in [0.29, 0.717) is 40.4 Å². The lowest BCUT2D eigenvalue weighted by atomic mass is 10.1. The van der Waals surface area contributed by atoms with Crippen LogP contribution in [0.1, 0.15) is 44.0 Å². The van der Waals surface area contributed by atoms with E-state index in [1.807, 2.05) is 6.92 Å². The van der Waals surface area contributed by atoms with Gasteiger partial charge in [0.15, 0.2) is 11.6 Å². The second-order valence-corrected chi connectivity index (χ2v) is 10.5. The molecule has 4 aromatic rings. The van der Waals surface area contributed by atoms with Crippen LogP contribution in [0.25, 0.3) is 11.5 Å². The van der Waals surface area contributed by atoms with Crippen LogP contribution in [-0.2, 0) is 23.0 Å². The van der Waals surface area contributed by atoms with Crippen molar-refractivity contribution in [1.29, 1.82) is 0 Å². The highest BCUT2D eigenvalue weighted by molar-refractivity contribution is 7.93. The topological polar surface area (TPSA) is 151 Å². The second kappa shape index (κ2) is 10.6. The van der Waals surface area contributed by atoms with E-state index in [-0.39, 0.29) is 12.5 Å². The van der Waals surface area contributed by atoms with E-state index in [1.54, 1.807) is 42.7 Å². The third-order valence-electron chi connectivity index (χ3n) is 5.67. The highest BCUT2D eigenvalue weighted by atomic mass is 35.5. The normalized spacial score (nSPS) is 13.4. The number of nitrogens with zero attached hydrogens (tertiary/aromatic N) is 7. The van der Waals surface area contributed by atoms with Crippen LogP contribution >= 0.6 is 11.6 Å². The van der Waals surface area contributed by atoms with E-state index in [2.05, 4.69) is 35.0 Å². The molecular formula is C22H25ClN8O4S. The molecule has 0 amide bonds. The molecule has 0 aliphatic rings. The first kappa shape index (κ1) is 25.5. The van der Waals surface area contributed by atoms with Crippen molar-refractivity contribution in [2.75, 3.05) is 11.8 Å². The number of methoxy groups -OCH3 is 1. The Morgan fingerprint density at radius 3 is 2.61 bits per heavy atom. The Morgan fingerprint density at radius 1 is 1.19 bits per heavy atom. The molecule has 190 valence electrons. The predicted molar refractivity (Wildman–Crippen MR) is 132 cm³/mol. The number of rotatable bonds is 10. The first-order chi connectivity index (χ1) is 17.2. The summed E-state index contributed by atoms with van der Waals surface area (Å²) in [5.74, 6) is 1.03. The maximum absolute atomic E-state index is 13.3. The predicted octanol–water partition coefficient (Wildman–Crippen LogP) is 3.32. The summed E-state index contributed by atoms with van der Waals surface area (Å²) in [5.41, 5.74) is 1.21. The summed E-state index contributed by atoms with van der Waals surface area (Å²) < 4.78 is 41.5. The zero-order valence-electron chi connectivity index (χ0n) is 20.1. The Kier molecular flexibility index (Phi) is 7.50. The van der Waals surface area contributed by atoms with Crippen LogP contribution in [0.4, 0.5) is 5.95 Å². The van der Waals surface area contributed by atoms with Crippen molar-refractivity contribution in [2.24, 2.45) is 0 Å². The molecule has 0 saturated heterocycles. The summed E-state index contributed by atoms with van der Waals surface area (Å²) >= 11 is 5.86. The molecule has 36 heavy (non-hydrogen) atoms. The van der Waals surface area contributed by atoms with Crippen LogP contribution in [0.2, 0.25) is 5.02 Å². The molecule has 0 aliphatic heterocycles. The lowest BCUT2D eigenvalue weighted by Gasteiger charge is -2.20. The molecule has 1 N–H and O–H groups in total. The quantitative estimate of drug-likeness (QED) is 0.322. The molecule has 14 heteroatoms. The summed E-state index contributed by atoms with van der Waals surface area (Å²) in [4.78, 5) is 12.7. The third-order valence-corrected chi connectivity index (χ3v) is 7.72. The average Bonchev–Trinajstić information content (AvgIpc) is 3.50. The Labute approximate surface area is 213 Å². The molecule has 4 aromatic heterocycles. The smallest absolute Gasteiger partial charge is 0.239 e. The van der Waals surface area contributed by atoms with Crippen molar-refractivity contribution in [2.45, 2.75) is 44.9 Å². The Morgan fingerprint density at radius 2 is 1.94 bits per heavy atom. The Bertz CT molecular complexity index is 1440. The molecule has 12 nitrogen and oxygen atoms in total. The summed E-state index contributed by atoms with van der Waals surface area (Å²) in [6.45, 7) is 5.37. The highest BCUT2D eigenvalue weighted by Gasteiger charge is 2.31. The van der Waals surface area contributed by atoms with Gasteiger partial charge in [0.2, 0.25) is 21.9 Å². The molecule has 2 atom stereocenters. The molecular weight excluding hydrogens is 508 g/mol. The minimum atomic E-state index is -3.94. The van der Waals surface area contributed by atoms with E-state index in [4.69, 9.17) is 20.9 Å². The van der Waals surface area contributed by atoms with Gasteiger partial charge in [0, 0.05) is 30.4 Å². The number of halogens is 1. The van der Waals surface area contributed by atoms with Gasteiger partial charge >= 0.3 is 0 Å². The number of hydrogen-bond donors (Lipinski definition) is 1. The number of sulfonamides is 1. The van der Waals surface area contributed by atoms with Crippen LogP contribution in [-0.4, -0.2) is 55.7 Å². The van der Waals surface area contributed by atoms with Crippen molar-refractivity contribution in [3.8, 4) is 17.4 Å². The van der Waals surface area contributed by atoms with Gasteiger partial charge in [-0.3, -0.25) is 9.29 Å². The van der Waals surface area contributed by atoms with Gasteiger partial charge in [-0.2, -0.15) is 0 Å². The Hall–Kier alpha value is -3.58. The van der Waals surface area contributed by atoms with Gasteiger partial charge in [0.25, 0.3) is 0 Å². The minimum absolute atomic E-state index is 0.000132. The minimum Gasteiger partial charge on any atom is -0.481 e. The fourth-order valence-corrected chi connectivity index (χ4v) is 4.73. The standard InChI is InChI=1S/C22H25ClN8O4S/c1-5-16-9-17(35-29-16)12-31-21(18-7-6-8-19(26-18)34-4)27-28-22(31)30-36(32,33)14(3)13(2)20-24-10-15(23)11-25-20/h6-11,13-14H,5,12H2,1-4H3,(H,28,30). The SMILES string of the molecule is CCc1cc(Cn2c(NS(=O)(=O)C(C)C(C)c3ncc(Cl)cn3)nnc2-c2cccc(OC)n2)on1. The van der Waals surface area contributed by atoms with E-state index in [1.165, 1.54) is 19.5 Å². The first-order valence-corrected chi connectivity index (χ1v) is 13.0. The molecule has 0 radical (unpaired) electrons. The number of aromatic nitrogens is 7. The van der Waals surface area contributed by atoms with Crippen LogP contribution < -0.4 is 9.46 Å². The van der Waals surface area contributed by atoms with Crippen molar-refractivity contribution < 1.29 is 17.7 Å². The molecule has 0 spiro atoms. The summed E-state index contributed by atoms with van der Waals surface area (Å²) in [6.07, 6.45) is 3.55. The third kappa shape index (κ3) is 5.46. The molecule has 0 saturated carbocycles. The van der Waals surface area contributed by atoms with Crippen LogP contribution in [0.5, 0.6) is 5.88 Å². The Balaban J connectivity index is 1.69. The van der Waals surface area contributed by atoms with Crippen LogP contribution in [0.15, 0.2) is 41.2 Å². The van der Waals surface area contributed by atoms with Gasteiger partial charge in [-0.15, -0.1) is 10.2 Å². The number of anilines is 1. The largest absolute Gasteiger partial charge is 0.481 e. The van der Waals surface area contributed by atoms with Gasteiger partial charge < -0.3 is 9.26 Å². The number of nitrogens with one attached hydrogen (secondary N) is 1. The first-order valence-electron chi connectivity index (χ1n) is 11.1. The van der Waals surface area contributed by atoms with Gasteiger partial charge in [-0.05, 0) is 19.4 Å². The number of ether oxygens (including phenoxy) is 1. The number of pyridine rings is 1. The van der Waals surface area contributed by atoms with Crippen LogP contribution in [0, 0.1) is 0 Å². The maximum atomic E-state index is 13.3. The van der Waals surface area contributed by atoms with Gasteiger partial charge in [0.1, 0.15) is 11.5 Å². The van der Waals surface area contributed by atoms with E-state index < -0.39 is 21.2 Å². The molecule has 0 fully saturated rings.